The van der Waals surface area contributed by atoms with E-state index in [-0.39, 0.29) is 17.7 Å². The molecule has 0 N–H and O–H groups in total. The maximum atomic E-state index is 12.9. The van der Waals surface area contributed by atoms with E-state index >= 15 is 0 Å². The van der Waals surface area contributed by atoms with Crippen LogP contribution in [-0.2, 0) is 11.2 Å². The van der Waals surface area contributed by atoms with Gasteiger partial charge in [0.25, 0.3) is 5.22 Å². The molecule has 1 aliphatic heterocycles. The third-order valence-corrected chi connectivity index (χ3v) is 5.79. The van der Waals surface area contributed by atoms with E-state index in [4.69, 9.17) is 4.42 Å². The van der Waals surface area contributed by atoms with E-state index in [0.29, 0.717) is 11.1 Å². The van der Waals surface area contributed by atoms with Crippen molar-refractivity contribution in [1.29, 1.82) is 0 Å². The molecule has 1 unspecified atom stereocenters. The number of carbonyl (C=O) groups excluding carboxylic acids is 1. The van der Waals surface area contributed by atoms with E-state index in [9.17, 15) is 4.79 Å². The molecule has 1 aromatic heterocycles. The van der Waals surface area contributed by atoms with Crippen molar-refractivity contribution < 1.29 is 9.21 Å². The molecule has 2 heterocycles. The normalized spacial score (nSPS) is 16.1. The van der Waals surface area contributed by atoms with Gasteiger partial charge >= 0.3 is 0 Å². The molecule has 0 saturated heterocycles. The first-order chi connectivity index (χ1) is 13.5. The van der Waals surface area contributed by atoms with Crippen LogP contribution in [0.25, 0.3) is 11.5 Å². The van der Waals surface area contributed by atoms with E-state index < -0.39 is 0 Å². The zero-order valence-corrected chi connectivity index (χ0v) is 17.1. The molecule has 28 heavy (non-hydrogen) atoms. The molecule has 6 heteroatoms. The zero-order valence-electron chi connectivity index (χ0n) is 16.3. The Balaban J connectivity index is 1.47. The van der Waals surface area contributed by atoms with Gasteiger partial charge < -0.3 is 9.32 Å². The van der Waals surface area contributed by atoms with Crippen molar-refractivity contribution >= 4 is 23.4 Å². The fourth-order valence-corrected chi connectivity index (χ4v) is 4.37. The van der Waals surface area contributed by atoms with Gasteiger partial charge in [0.1, 0.15) is 0 Å². The second-order valence-electron chi connectivity index (χ2n) is 7.32. The van der Waals surface area contributed by atoms with E-state index in [1.165, 1.54) is 17.3 Å². The van der Waals surface area contributed by atoms with Gasteiger partial charge in [0, 0.05) is 17.3 Å². The number of fused-ring (bicyclic) bond motifs is 1. The molecular formula is C22H23N3O2S. The SMILES string of the molecule is Cc1cc(C)cc(-c2nnc(SCC(=O)N3c4ccccc4CCC3C)o2)c1. The number of hydrogen-bond donors (Lipinski definition) is 0. The number of carbonyl (C=O) groups is 1. The summed E-state index contributed by atoms with van der Waals surface area (Å²) in [6.07, 6.45) is 1.99. The maximum Gasteiger partial charge on any atom is 0.277 e. The smallest absolute Gasteiger partial charge is 0.277 e. The van der Waals surface area contributed by atoms with E-state index in [1.54, 1.807) is 0 Å². The summed E-state index contributed by atoms with van der Waals surface area (Å²) in [5.41, 5.74) is 5.45. The number of amides is 1. The van der Waals surface area contributed by atoms with Gasteiger partial charge in [-0.05, 0) is 57.4 Å². The molecule has 0 saturated carbocycles. The quantitative estimate of drug-likeness (QED) is 0.595. The monoisotopic (exact) mass is 393 g/mol. The minimum atomic E-state index is 0.0656. The lowest BCUT2D eigenvalue weighted by Crippen LogP contribution is -2.43. The lowest BCUT2D eigenvalue weighted by Gasteiger charge is -2.35. The van der Waals surface area contributed by atoms with Crippen molar-refractivity contribution in [3.63, 3.8) is 0 Å². The molecule has 4 rings (SSSR count). The first-order valence-corrected chi connectivity index (χ1v) is 10.4. The molecule has 0 bridgehead atoms. The van der Waals surface area contributed by atoms with Crippen LogP contribution in [0.2, 0.25) is 0 Å². The number of hydrogen-bond acceptors (Lipinski definition) is 5. The molecule has 144 valence electrons. The lowest BCUT2D eigenvalue weighted by atomic mass is 9.97. The van der Waals surface area contributed by atoms with Gasteiger partial charge in [0.15, 0.2) is 0 Å². The first kappa shape index (κ1) is 18.7. The van der Waals surface area contributed by atoms with Crippen molar-refractivity contribution in [2.24, 2.45) is 0 Å². The topological polar surface area (TPSA) is 59.2 Å². The average Bonchev–Trinajstić information content (AvgIpc) is 3.14. The van der Waals surface area contributed by atoms with E-state index in [0.717, 1.165) is 35.2 Å². The number of rotatable bonds is 4. The third kappa shape index (κ3) is 3.83. The summed E-state index contributed by atoms with van der Waals surface area (Å²) < 4.78 is 5.78. The molecule has 1 amide bonds. The Hall–Kier alpha value is -2.60. The zero-order chi connectivity index (χ0) is 19.7. The number of aryl methyl sites for hydroxylation is 3. The van der Waals surface area contributed by atoms with Crippen LogP contribution in [-0.4, -0.2) is 27.9 Å². The summed E-state index contributed by atoms with van der Waals surface area (Å²) in [5.74, 6) is 0.821. The number of para-hydroxylation sites is 1. The highest BCUT2D eigenvalue weighted by atomic mass is 32.2. The Labute approximate surface area is 169 Å². The Morgan fingerprint density at radius 3 is 2.71 bits per heavy atom. The molecule has 1 atom stereocenters. The van der Waals surface area contributed by atoms with E-state index in [1.807, 2.05) is 49.1 Å². The Morgan fingerprint density at radius 1 is 1.18 bits per heavy atom. The summed E-state index contributed by atoms with van der Waals surface area (Å²) >= 11 is 1.29. The number of benzene rings is 2. The van der Waals surface area contributed by atoms with Crippen molar-refractivity contribution in [2.75, 3.05) is 10.7 Å². The van der Waals surface area contributed by atoms with Gasteiger partial charge in [0.05, 0.1) is 5.75 Å². The Morgan fingerprint density at radius 2 is 1.93 bits per heavy atom. The predicted octanol–water partition coefficient (Wildman–Crippen LogP) is 4.81. The highest BCUT2D eigenvalue weighted by Crippen LogP contribution is 2.32. The van der Waals surface area contributed by atoms with Crippen LogP contribution in [0.1, 0.15) is 30.0 Å². The largest absolute Gasteiger partial charge is 0.411 e. The molecular weight excluding hydrogens is 370 g/mol. The van der Waals surface area contributed by atoms with Crippen LogP contribution in [0.3, 0.4) is 0 Å². The van der Waals surface area contributed by atoms with Gasteiger partial charge in [-0.3, -0.25) is 4.79 Å². The molecule has 0 fully saturated rings. The third-order valence-electron chi connectivity index (χ3n) is 4.99. The van der Waals surface area contributed by atoms with Crippen LogP contribution in [0.4, 0.5) is 5.69 Å². The molecule has 0 radical (unpaired) electrons. The summed E-state index contributed by atoms with van der Waals surface area (Å²) in [6, 6.07) is 14.5. The minimum absolute atomic E-state index is 0.0656. The molecule has 2 aromatic carbocycles. The summed E-state index contributed by atoms with van der Waals surface area (Å²) in [6.45, 7) is 6.18. The lowest BCUT2D eigenvalue weighted by molar-refractivity contribution is -0.116. The van der Waals surface area contributed by atoms with Crippen molar-refractivity contribution in [3.8, 4) is 11.5 Å². The number of nitrogens with zero attached hydrogens (tertiary/aromatic N) is 3. The molecule has 5 nitrogen and oxygen atoms in total. The van der Waals surface area contributed by atoms with Gasteiger partial charge in [-0.2, -0.15) is 0 Å². The summed E-state index contributed by atoms with van der Waals surface area (Å²) in [5, 5.41) is 8.67. The highest BCUT2D eigenvalue weighted by molar-refractivity contribution is 7.99. The summed E-state index contributed by atoms with van der Waals surface area (Å²) in [7, 11) is 0. The average molecular weight is 394 g/mol. The molecule has 0 spiro atoms. The molecule has 0 aliphatic carbocycles. The van der Waals surface area contributed by atoms with Crippen molar-refractivity contribution in [3.05, 3.63) is 59.2 Å². The Kier molecular flexibility index (Phi) is 5.22. The molecule has 3 aromatic rings. The highest BCUT2D eigenvalue weighted by Gasteiger charge is 2.28. The summed E-state index contributed by atoms with van der Waals surface area (Å²) in [4.78, 5) is 14.8. The van der Waals surface area contributed by atoms with Gasteiger partial charge in [-0.15, -0.1) is 10.2 Å². The first-order valence-electron chi connectivity index (χ1n) is 9.46. The van der Waals surface area contributed by atoms with Gasteiger partial charge in [-0.25, -0.2) is 0 Å². The maximum absolute atomic E-state index is 12.9. The van der Waals surface area contributed by atoms with Crippen molar-refractivity contribution in [1.82, 2.24) is 10.2 Å². The minimum Gasteiger partial charge on any atom is -0.411 e. The molecule has 1 aliphatic rings. The van der Waals surface area contributed by atoms with Crippen LogP contribution >= 0.6 is 11.8 Å². The number of anilines is 1. The van der Waals surface area contributed by atoms with Gasteiger partial charge in [-0.1, -0.05) is 47.2 Å². The second-order valence-corrected chi connectivity index (χ2v) is 8.24. The van der Waals surface area contributed by atoms with Crippen LogP contribution in [0.5, 0.6) is 0 Å². The Bertz CT molecular complexity index is 994. The van der Waals surface area contributed by atoms with E-state index in [2.05, 4.69) is 29.3 Å². The van der Waals surface area contributed by atoms with Gasteiger partial charge in [0.2, 0.25) is 11.8 Å². The number of thioether (sulfide) groups is 1. The second kappa shape index (κ2) is 7.80. The van der Waals surface area contributed by atoms with Crippen LogP contribution in [0.15, 0.2) is 52.1 Å². The predicted molar refractivity (Wildman–Crippen MR) is 112 cm³/mol. The van der Waals surface area contributed by atoms with Crippen LogP contribution < -0.4 is 4.90 Å². The van der Waals surface area contributed by atoms with Crippen molar-refractivity contribution in [2.45, 2.75) is 44.9 Å². The fourth-order valence-electron chi connectivity index (χ4n) is 3.74. The fraction of sp³-hybridized carbons (Fsp3) is 0.318. The van der Waals surface area contributed by atoms with Crippen LogP contribution in [0, 0.1) is 13.8 Å². The standard InChI is InChI=1S/C22H23N3O2S/c1-14-10-15(2)12-18(11-14)21-23-24-22(27-21)28-13-20(26)25-16(3)8-9-17-6-4-5-7-19(17)25/h4-7,10-12,16H,8-9,13H2,1-3H3. The number of aromatic nitrogens is 2.